The number of nitrogens with one attached hydrogen (secondary N) is 1. The number of benzene rings is 1. The molecule has 5 heteroatoms. The van der Waals surface area contributed by atoms with Crippen molar-refractivity contribution >= 4 is 5.91 Å². The fourth-order valence-corrected chi connectivity index (χ4v) is 1.90. The van der Waals surface area contributed by atoms with Gasteiger partial charge in [-0.05, 0) is 37.0 Å². The average Bonchev–Trinajstić information content (AvgIpc) is 2.50. The lowest BCUT2D eigenvalue weighted by Gasteiger charge is -2.07. The third-order valence-electron chi connectivity index (χ3n) is 3.04. The van der Waals surface area contributed by atoms with E-state index in [9.17, 15) is 4.79 Å². The summed E-state index contributed by atoms with van der Waals surface area (Å²) in [5.74, 6) is 0.707. The van der Waals surface area contributed by atoms with E-state index in [0.717, 1.165) is 37.0 Å². The standard InChI is InChI=1S/C16H25NO4/c18-10-3-1-2-4-12-21-15-7-5-14(6-8-15)13-16(20)17-9-11-19/h5-8,18-19H,1-4,9-13H2,(H,17,20). The third kappa shape index (κ3) is 8.32. The summed E-state index contributed by atoms with van der Waals surface area (Å²) in [4.78, 5) is 11.5. The molecule has 1 amide bonds. The van der Waals surface area contributed by atoms with Gasteiger partial charge in [0, 0.05) is 13.2 Å². The highest BCUT2D eigenvalue weighted by atomic mass is 16.5. The first-order chi connectivity index (χ1) is 10.3. The maximum atomic E-state index is 11.5. The van der Waals surface area contributed by atoms with E-state index < -0.39 is 0 Å². The monoisotopic (exact) mass is 295 g/mol. The zero-order valence-corrected chi connectivity index (χ0v) is 12.4. The molecule has 0 radical (unpaired) electrons. The summed E-state index contributed by atoms with van der Waals surface area (Å²) in [7, 11) is 0. The number of rotatable bonds is 11. The van der Waals surface area contributed by atoms with Crippen molar-refractivity contribution in [1.82, 2.24) is 5.32 Å². The largest absolute Gasteiger partial charge is 0.494 e. The van der Waals surface area contributed by atoms with Crippen molar-refractivity contribution in [2.45, 2.75) is 32.1 Å². The van der Waals surface area contributed by atoms with Gasteiger partial charge in [0.2, 0.25) is 5.91 Å². The molecule has 1 aromatic rings. The van der Waals surface area contributed by atoms with Crippen molar-refractivity contribution in [3.05, 3.63) is 29.8 Å². The molecule has 0 aliphatic heterocycles. The highest BCUT2D eigenvalue weighted by Gasteiger charge is 2.03. The van der Waals surface area contributed by atoms with Crippen molar-refractivity contribution in [3.8, 4) is 5.75 Å². The van der Waals surface area contributed by atoms with Crippen LogP contribution in [0.3, 0.4) is 0 Å². The molecule has 0 unspecified atom stereocenters. The topological polar surface area (TPSA) is 78.8 Å². The van der Waals surface area contributed by atoms with Crippen molar-refractivity contribution in [2.24, 2.45) is 0 Å². The van der Waals surface area contributed by atoms with Gasteiger partial charge >= 0.3 is 0 Å². The highest BCUT2D eigenvalue weighted by Crippen LogP contribution is 2.13. The summed E-state index contributed by atoms with van der Waals surface area (Å²) in [6.07, 6.45) is 4.23. The lowest BCUT2D eigenvalue weighted by atomic mass is 10.1. The van der Waals surface area contributed by atoms with E-state index in [1.165, 1.54) is 0 Å². The SMILES string of the molecule is O=C(Cc1ccc(OCCCCCCO)cc1)NCCO. The van der Waals surface area contributed by atoms with Crippen LogP contribution in [0.1, 0.15) is 31.2 Å². The van der Waals surface area contributed by atoms with Gasteiger partial charge in [-0.25, -0.2) is 0 Å². The molecule has 118 valence electrons. The Morgan fingerprint density at radius 2 is 1.71 bits per heavy atom. The van der Waals surface area contributed by atoms with Gasteiger partial charge in [0.1, 0.15) is 5.75 Å². The van der Waals surface area contributed by atoms with E-state index in [0.29, 0.717) is 13.0 Å². The van der Waals surface area contributed by atoms with Crippen molar-refractivity contribution in [2.75, 3.05) is 26.4 Å². The first-order valence-corrected chi connectivity index (χ1v) is 7.46. The molecule has 0 spiro atoms. The molecular weight excluding hydrogens is 270 g/mol. The molecule has 0 aromatic heterocycles. The number of ether oxygens (including phenoxy) is 1. The second-order valence-electron chi connectivity index (χ2n) is 4.88. The molecular formula is C16H25NO4. The Morgan fingerprint density at radius 3 is 2.38 bits per heavy atom. The molecule has 3 N–H and O–H groups in total. The van der Waals surface area contributed by atoms with Crippen LogP contribution in [0.5, 0.6) is 5.75 Å². The normalized spacial score (nSPS) is 10.4. The molecule has 0 bridgehead atoms. The first kappa shape index (κ1) is 17.5. The van der Waals surface area contributed by atoms with E-state index in [1.54, 1.807) is 0 Å². The fourth-order valence-electron chi connectivity index (χ4n) is 1.90. The number of hydrogen-bond acceptors (Lipinski definition) is 4. The van der Waals surface area contributed by atoms with Crippen LogP contribution in [-0.4, -0.2) is 42.5 Å². The number of unbranched alkanes of at least 4 members (excludes halogenated alkanes) is 3. The van der Waals surface area contributed by atoms with Gasteiger partial charge < -0.3 is 20.3 Å². The van der Waals surface area contributed by atoms with Crippen LogP contribution >= 0.6 is 0 Å². The van der Waals surface area contributed by atoms with Crippen LogP contribution in [0.15, 0.2) is 24.3 Å². The van der Waals surface area contributed by atoms with Crippen molar-refractivity contribution < 1.29 is 19.7 Å². The van der Waals surface area contributed by atoms with Crippen LogP contribution in [0.2, 0.25) is 0 Å². The van der Waals surface area contributed by atoms with Crippen LogP contribution < -0.4 is 10.1 Å². The number of amides is 1. The maximum absolute atomic E-state index is 11.5. The highest BCUT2D eigenvalue weighted by molar-refractivity contribution is 5.78. The van der Waals surface area contributed by atoms with E-state index in [-0.39, 0.29) is 25.7 Å². The molecule has 0 fully saturated rings. The zero-order valence-electron chi connectivity index (χ0n) is 12.4. The summed E-state index contributed by atoms with van der Waals surface area (Å²) < 4.78 is 5.61. The summed E-state index contributed by atoms with van der Waals surface area (Å²) in [5.41, 5.74) is 0.917. The Kier molecular flexibility index (Phi) is 9.24. The lowest BCUT2D eigenvalue weighted by molar-refractivity contribution is -0.120. The third-order valence-corrected chi connectivity index (χ3v) is 3.04. The van der Waals surface area contributed by atoms with E-state index in [4.69, 9.17) is 14.9 Å². The quantitative estimate of drug-likeness (QED) is 0.537. The molecule has 1 rings (SSSR count). The summed E-state index contributed by atoms with van der Waals surface area (Å²) >= 11 is 0. The number of carbonyl (C=O) groups is 1. The van der Waals surface area contributed by atoms with Crippen molar-refractivity contribution in [3.63, 3.8) is 0 Å². The van der Waals surface area contributed by atoms with Crippen LogP contribution in [-0.2, 0) is 11.2 Å². The number of aliphatic hydroxyl groups excluding tert-OH is 2. The molecule has 1 aromatic carbocycles. The minimum absolute atomic E-state index is 0.0448. The minimum atomic E-state index is -0.0957. The predicted octanol–water partition coefficient (Wildman–Crippen LogP) is 1.27. The molecule has 21 heavy (non-hydrogen) atoms. The molecule has 0 saturated heterocycles. The Bertz CT molecular complexity index is 392. The fraction of sp³-hybridized carbons (Fsp3) is 0.562. The Hall–Kier alpha value is -1.59. The molecule has 0 aliphatic rings. The Balaban J connectivity index is 2.22. The summed E-state index contributed by atoms with van der Waals surface area (Å²) in [5, 5.41) is 19.9. The van der Waals surface area contributed by atoms with Gasteiger partial charge in [-0.2, -0.15) is 0 Å². The Morgan fingerprint density at radius 1 is 1.00 bits per heavy atom. The first-order valence-electron chi connectivity index (χ1n) is 7.46. The summed E-state index contributed by atoms with van der Waals surface area (Å²) in [6.45, 7) is 1.17. The predicted molar refractivity (Wildman–Crippen MR) is 81.3 cm³/mol. The lowest BCUT2D eigenvalue weighted by Crippen LogP contribution is -2.27. The van der Waals surface area contributed by atoms with Crippen molar-refractivity contribution in [1.29, 1.82) is 0 Å². The van der Waals surface area contributed by atoms with E-state index >= 15 is 0 Å². The average molecular weight is 295 g/mol. The molecule has 5 nitrogen and oxygen atoms in total. The second-order valence-corrected chi connectivity index (χ2v) is 4.88. The molecule has 0 saturated carbocycles. The number of hydrogen-bond donors (Lipinski definition) is 3. The molecule has 0 aliphatic carbocycles. The van der Waals surface area contributed by atoms with Crippen LogP contribution in [0.4, 0.5) is 0 Å². The summed E-state index contributed by atoms with van der Waals surface area (Å²) in [6, 6.07) is 7.48. The number of carbonyl (C=O) groups excluding carboxylic acids is 1. The van der Waals surface area contributed by atoms with Gasteiger partial charge in [0.05, 0.1) is 19.6 Å². The van der Waals surface area contributed by atoms with Gasteiger partial charge in [-0.1, -0.05) is 18.6 Å². The zero-order chi connectivity index (χ0) is 15.3. The number of aliphatic hydroxyl groups is 2. The second kappa shape index (κ2) is 11.1. The van der Waals surface area contributed by atoms with Crippen LogP contribution in [0, 0.1) is 0 Å². The smallest absolute Gasteiger partial charge is 0.224 e. The van der Waals surface area contributed by atoms with Gasteiger partial charge in [-0.3, -0.25) is 4.79 Å². The van der Waals surface area contributed by atoms with E-state index in [1.807, 2.05) is 24.3 Å². The van der Waals surface area contributed by atoms with Gasteiger partial charge in [0.15, 0.2) is 0 Å². The van der Waals surface area contributed by atoms with E-state index in [2.05, 4.69) is 5.32 Å². The van der Waals surface area contributed by atoms with Gasteiger partial charge in [-0.15, -0.1) is 0 Å². The van der Waals surface area contributed by atoms with Crippen LogP contribution in [0.25, 0.3) is 0 Å². The minimum Gasteiger partial charge on any atom is -0.494 e. The van der Waals surface area contributed by atoms with Gasteiger partial charge in [0.25, 0.3) is 0 Å². The molecule has 0 atom stereocenters. The maximum Gasteiger partial charge on any atom is 0.224 e. The Labute approximate surface area is 125 Å². The molecule has 0 heterocycles.